The van der Waals surface area contributed by atoms with Gasteiger partial charge >= 0.3 is 5.69 Å². The van der Waals surface area contributed by atoms with E-state index in [2.05, 4.69) is 19.9 Å². The average molecular weight is 569 g/mol. The first kappa shape index (κ1) is 26.0. The lowest BCUT2D eigenvalue weighted by atomic mass is 10.1. The van der Waals surface area contributed by atoms with E-state index in [-0.39, 0.29) is 31.1 Å². The summed E-state index contributed by atoms with van der Waals surface area (Å²) in [5.74, 6) is 0.0256. The molecule has 13 nitrogen and oxygen atoms in total. The smallest absolute Gasteiger partial charge is 0.335 e. The number of aromatic nitrogens is 7. The highest BCUT2D eigenvalue weighted by atomic mass is 16.6. The Morgan fingerprint density at radius 1 is 1.00 bits per heavy atom. The van der Waals surface area contributed by atoms with Crippen LogP contribution in [0, 0.1) is 0 Å². The summed E-state index contributed by atoms with van der Waals surface area (Å²) in [4.78, 5) is 29.4. The van der Waals surface area contributed by atoms with E-state index in [0.29, 0.717) is 22.5 Å². The van der Waals surface area contributed by atoms with Crippen LogP contribution in [0.2, 0.25) is 0 Å². The number of nitrogen functional groups attached to an aromatic ring is 1. The van der Waals surface area contributed by atoms with Crippen LogP contribution in [0.25, 0.3) is 27.8 Å². The van der Waals surface area contributed by atoms with Gasteiger partial charge in [0.1, 0.15) is 24.1 Å². The second kappa shape index (κ2) is 10.1. The first-order valence-electron chi connectivity index (χ1n) is 13.5. The molecule has 6 N–H and O–H groups in total. The number of imidazole rings is 2. The lowest BCUT2D eigenvalue weighted by molar-refractivity contribution is -0.0380. The largest absolute Gasteiger partial charge is 0.493 e. The van der Waals surface area contributed by atoms with E-state index < -0.39 is 30.2 Å². The summed E-state index contributed by atoms with van der Waals surface area (Å²) >= 11 is 0. The van der Waals surface area contributed by atoms with Crippen molar-refractivity contribution >= 4 is 27.9 Å². The van der Waals surface area contributed by atoms with E-state index in [1.165, 1.54) is 26.4 Å². The number of benzene rings is 2. The molecule has 1 aliphatic rings. The van der Waals surface area contributed by atoms with Crippen molar-refractivity contribution in [3.8, 4) is 11.6 Å². The number of nitrogens with one attached hydrogen (secondary N) is 1. The van der Waals surface area contributed by atoms with Crippen molar-refractivity contribution in [1.29, 1.82) is 0 Å². The summed E-state index contributed by atoms with van der Waals surface area (Å²) in [6.45, 7) is 0.116. The Bertz CT molecular complexity index is 1960. The number of ether oxygens (including phenoxy) is 1. The van der Waals surface area contributed by atoms with Gasteiger partial charge in [0, 0.05) is 30.1 Å². The zero-order valence-corrected chi connectivity index (χ0v) is 22.3. The van der Waals surface area contributed by atoms with E-state index in [1.807, 2.05) is 36.5 Å². The van der Waals surface area contributed by atoms with E-state index >= 15 is 0 Å². The van der Waals surface area contributed by atoms with Crippen LogP contribution in [-0.2, 0) is 17.7 Å². The van der Waals surface area contributed by atoms with Gasteiger partial charge in [-0.05, 0) is 30.2 Å². The van der Waals surface area contributed by atoms with Crippen molar-refractivity contribution in [2.24, 2.45) is 0 Å². The fraction of sp³-hybridized carbons (Fsp3) is 0.241. The number of nitrogens with two attached hydrogens (primary N) is 1. The molecule has 0 saturated carbocycles. The molecule has 42 heavy (non-hydrogen) atoms. The number of aromatic amines is 1. The highest BCUT2D eigenvalue weighted by Crippen LogP contribution is 2.34. The van der Waals surface area contributed by atoms with Crippen LogP contribution in [0.4, 0.5) is 5.82 Å². The molecule has 13 heteroatoms. The normalized spacial score (nSPS) is 20.6. The van der Waals surface area contributed by atoms with Gasteiger partial charge in [-0.2, -0.15) is 0 Å². The highest BCUT2D eigenvalue weighted by Gasteiger charge is 2.44. The number of aliphatic hydroxyl groups is 2. The van der Waals surface area contributed by atoms with Gasteiger partial charge in [-0.3, -0.25) is 9.13 Å². The molecule has 2 aromatic carbocycles. The molecule has 4 atom stereocenters. The van der Waals surface area contributed by atoms with Gasteiger partial charge in [0.15, 0.2) is 17.7 Å². The van der Waals surface area contributed by atoms with Crippen molar-refractivity contribution in [3.63, 3.8) is 0 Å². The highest BCUT2D eigenvalue weighted by molar-refractivity contribution is 5.83. The minimum Gasteiger partial charge on any atom is -0.493 e. The minimum atomic E-state index is -1.28. The molecule has 5 heterocycles. The maximum absolute atomic E-state index is 13.8. The van der Waals surface area contributed by atoms with Gasteiger partial charge in [-0.15, -0.1) is 0 Å². The molecular weight excluding hydrogens is 540 g/mol. The fourth-order valence-corrected chi connectivity index (χ4v) is 5.76. The van der Waals surface area contributed by atoms with Gasteiger partial charge in [-0.25, -0.2) is 24.3 Å². The molecule has 1 aliphatic heterocycles. The summed E-state index contributed by atoms with van der Waals surface area (Å²) < 4.78 is 10.4. The van der Waals surface area contributed by atoms with E-state index in [1.54, 1.807) is 24.3 Å². The van der Waals surface area contributed by atoms with Crippen LogP contribution in [0.15, 0.2) is 78.2 Å². The van der Waals surface area contributed by atoms with Gasteiger partial charge < -0.3 is 30.8 Å². The molecule has 1 fully saturated rings. The fourth-order valence-electron chi connectivity index (χ4n) is 5.76. The molecule has 1 saturated heterocycles. The molecule has 1 unspecified atom stereocenters. The van der Waals surface area contributed by atoms with Crippen LogP contribution in [0.5, 0.6) is 5.88 Å². The molecule has 4 aromatic heterocycles. The van der Waals surface area contributed by atoms with Crippen LogP contribution in [0.1, 0.15) is 23.9 Å². The summed E-state index contributed by atoms with van der Waals surface area (Å²) in [5, 5.41) is 34.2. The number of aromatic hydroxyl groups is 1. The van der Waals surface area contributed by atoms with E-state index in [9.17, 15) is 20.1 Å². The third-order valence-electron chi connectivity index (χ3n) is 7.90. The zero-order chi connectivity index (χ0) is 29.0. The summed E-state index contributed by atoms with van der Waals surface area (Å²) in [7, 11) is 0. The van der Waals surface area contributed by atoms with Gasteiger partial charge in [0.2, 0.25) is 5.88 Å². The molecule has 0 radical (unpaired) electrons. The Morgan fingerprint density at radius 3 is 2.62 bits per heavy atom. The Kier molecular flexibility index (Phi) is 6.26. The Hall–Kier alpha value is -4.98. The first-order chi connectivity index (χ1) is 20.4. The predicted octanol–water partition coefficient (Wildman–Crippen LogP) is 1.85. The van der Waals surface area contributed by atoms with Crippen LogP contribution >= 0.6 is 0 Å². The number of rotatable bonds is 7. The Balaban J connectivity index is 1.21. The first-order valence-corrected chi connectivity index (χ1v) is 13.5. The molecule has 7 rings (SSSR count). The summed E-state index contributed by atoms with van der Waals surface area (Å²) in [6, 6.07) is 16.7. The lowest BCUT2D eigenvalue weighted by Gasteiger charge is -2.16. The number of aliphatic hydroxyl groups excluding tert-OH is 2. The third-order valence-corrected chi connectivity index (χ3v) is 7.90. The van der Waals surface area contributed by atoms with Gasteiger partial charge in [0.25, 0.3) is 0 Å². The second-order valence-electron chi connectivity index (χ2n) is 10.3. The molecular formula is C29H28N8O5. The number of H-pyrrole nitrogens is 1. The maximum Gasteiger partial charge on any atom is 0.335 e. The third kappa shape index (κ3) is 4.13. The van der Waals surface area contributed by atoms with Gasteiger partial charge in [-0.1, -0.05) is 36.4 Å². The van der Waals surface area contributed by atoms with Crippen molar-refractivity contribution in [2.75, 3.05) is 5.73 Å². The number of anilines is 1. The van der Waals surface area contributed by atoms with Gasteiger partial charge in [0.05, 0.1) is 23.8 Å². The molecule has 0 spiro atoms. The standard InChI is InChI=1S/C29H28N8O5/c30-25-22-26(33-14-32-25)36(15-34-22)28-24(39)23(38)21(42-28)10-11-35-20(12-16-13-31-19-9-5-4-8-18(16)19)27(40)37(29(35)41)17-6-2-1-3-7-17/h1-9,13-15,21,23-24,28,31,38-40H,10-12H2,(H2,30,32,33)/t21-,23?,24-,28-/m1/s1. The quantitative estimate of drug-likeness (QED) is 0.192. The van der Waals surface area contributed by atoms with Crippen molar-refractivity contribution in [2.45, 2.75) is 43.9 Å². The Labute approximate surface area is 238 Å². The molecule has 0 aliphatic carbocycles. The summed E-state index contributed by atoms with van der Waals surface area (Å²) in [5.41, 5.74) is 9.01. The average Bonchev–Trinajstić information content (AvgIpc) is 3.74. The predicted molar refractivity (Wildman–Crippen MR) is 153 cm³/mol. The molecule has 214 valence electrons. The zero-order valence-electron chi connectivity index (χ0n) is 22.3. The SMILES string of the molecule is Nc1ncnc2c1ncn2[C@@H]1O[C@H](CCn2c(Cc3c[nH]c4ccccc34)c(O)n(-c3ccccc3)c2=O)C(O)[C@H]1O. The monoisotopic (exact) mass is 568 g/mol. The second-order valence-corrected chi connectivity index (χ2v) is 10.3. The molecule has 6 aromatic rings. The van der Waals surface area contributed by atoms with Crippen molar-refractivity contribution in [1.82, 2.24) is 33.6 Å². The summed E-state index contributed by atoms with van der Waals surface area (Å²) in [6.07, 6.45) is 0.722. The van der Waals surface area contributed by atoms with Crippen LogP contribution < -0.4 is 11.4 Å². The van der Waals surface area contributed by atoms with Crippen LogP contribution in [0.3, 0.4) is 0 Å². The number of nitrogens with zero attached hydrogens (tertiary/aromatic N) is 6. The number of hydrogen-bond acceptors (Lipinski definition) is 9. The molecule has 0 amide bonds. The maximum atomic E-state index is 13.8. The van der Waals surface area contributed by atoms with Crippen molar-refractivity contribution in [3.05, 3.63) is 95.2 Å². The van der Waals surface area contributed by atoms with E-state index in [4.69, 9.17) is 10.5 Å². The van der Waals surface area contributed by atoms with Crippen molar-refractivity contribution < 1.29 is 20.1 Å². The topological polar surface area (TPSA) is 182 Å². The Morgan fingerprint density at radius 2 is 1.79 bits per heavy atom. The van der Waals surface area contributed by atoms with E-state index in [0.717, 1.165) is 16.5 Å². The minimum absolute atomic E-state index is 0.116. The number of hydrogen-bond donors (Lipinski definition) is 5. The molecule has 0 bridgehead atoms. The lowest BCUT2D eigenvalue weighted by Crippen LogP contribution is -2.33. The number of fused-ring (bicyclic) bond motifs is 2. The van der Waals surface area contributed by atoms with Crippen LogP contribution in [-0.4, -0.2) is 67.3 Å². The number of para-hydroxylation sites is 2.